The third kappa shape index (κ3) is 4.19. The van der Waals surface area contributed by atoms with Crippen molar-refractivity contribution in [3.05, 3.63) is 23.2 Å². The number of halogens is 1. The van der Waals surface area contributed by atoms with E-state index in [4.69, 9.17) is 16.7 Å². The molecular formula is C12H17ClN2O3S. The summed E-state index contributed by atoms with van der Waals surface area (Å²) in [6, 6.07) is 4.07. The van der Waals surface area contributed by atoms with Crippen molar-refractivity contribution in [3.63, 3.8) is 0 Å². The van der Waals surface area contributed by atoms with Gasteiger partial charge in [-0.2, -0.15) is 0 Å². The Morgan fingerprint density at radius 3 is 2.42 bits per heavy atom. The zero-order valence-electron chi connectivity index (χ0n) is 10.8. The second-order valence-electron chi connectivity index (χ2n) is 4.19. The van der Waals surface area contributed by atoms with Crippen LogP contribution in [0.2, 0.25) is 5.02 Å². The summed E-state index contributed by atoms with van der Waals surface area (Å²) in [4.78, 5) is 11.8. The van der Waals surface area contributed by atoms with Crippen molar-refractivity contribution in [2.45, 2.75) is 31.6 Å². The Bertz CT molecular complexity index is 568. The Hall–Kier alpha value is -1.11. The minimum absolute atomic E-state index is 0.118. The SMILES string of the molecule is CCC(CC)C(=O)Nc1cc(Cl)ccc1S(N)(=O)=O. The molecule has 19 heavy (non-hydrogen) atoms. The molecule has 0 saturated heterocycles. The Balaban J connectivity index is 3.13. The van der Waals surface area contributed by atoms with Gasteiger partial charge in [-0.15, -0.1) is 0 Å². The molecule has 0 aliphatic carbocycles. The first-order valence-corrected chi connectivity index (χ1v) is 7.85. The van der Waals surface area contributed by atoms with E-state index in [1.807, 2.05) is 13.8 Å². The highest BCUT2D eigenvalue weighted by atomic mass is 35.5. The predicted octanol–water partition coefficient (Wildman–Crippen LogP) is 2.36. The molecule has 0 aromatic heterocycles. The molecule has 1 aromatic rings. The quantitative estimate of drug-likeness (QED) is 0.875. The van der Waals surface area contributed by atoms with Crippen molar-refractivity contribution in [1.82, 2.24) is 0 Å². The Morgan fingerprint density at radius 1 is 1.37 bits per heavy atom. The average Bonchev–Trinajstić information content (AvgIpc) is 2.28. The number of hydrogen-bond donors (Lipinski definition) is 2. The maximum atomic E-state index is 12.0. The molecule has 0 spiro atoms. The zero-order chi connectivity index (χ0) is 14.6. The van der Waals surface area contributed by atoms with E-state index in [1.54, 1.807) is 0 Å². The van der Waals surface area contributed by atoms with Crippen LogP contribution in [0.25, 0.3) is 0 Å². The van der Waals surface area contributed by atoms with E-state index >= 15 is 0 Å². The van der Waals surface area contributed by atoms with Crippen LogP contribution in [0.15, 0.2) is 23.1 Å². The van der Waals surface area contributed by atoms with Gasteiger partial charge in [-0.1, -0.05) is 25.4 Å². The van der Waals surface area contributed by atoms with E-state index in [0.717, 1.165) is 0 Å². The maximum Gasteiger partial charge on any atom is 0.240 e. The van der Waals surface area contributed by atoms with Crippen LogP contribution in [-0.4, -0.2) is 14.3 Å². The van der Waals surface area contributed by atoms with Crippen molar-refractivity contribution >= 4 is 33.2 Å². The van der Waals surface area contributed by atoms with Gasteiger partial charge in [0.1, 0.15) is 4.90 Å². The highest BCUT2D eigenvalue weighted by Gasteiger charge is 2.19. The van der Waals surface area contributed by atoms with E-state index < -0.39 is 10.0 Å². The van der Waals surface area contributed by atoms with Crippen molar-refractivity contribution in [1.29, 1.82) is 0 Å². The third-order valence-electron chi connectivity index (χ3n) is 2.86. The number of carbonyl (C=O) groups excluding carboxylic acids is 1. The summed E-state index contributed by atoms with van der Waals surface area (Å²) in [5, 5.41) is 8.01. The lowest BCUT2D eigenvalue weighted by molar-refractivity contribution is -0.120. The standard InChI is InChI=1S/C12H17ClN2O3S/c1-3-8(4-2)12(16)15-10-7-9(13)5-6-11(10)19(14,17)18/h5-8H,3-4H2,1-2H3,(H,15,16)(H2,14,17,18). The molecule has 0 heterocycles. The minimum atomic E-state index is -3.91. The molecule has 5 nitrogen and oxygen atoms in total. The molecule has 0 atom stereocenters. The monoisotopic (exact) mass is 304 g/mol. The largest absolute Gasteiger partial charge is 0.325 e. The van der Waals surface area contributed by atoms with E-state index in [-0.39, 0.29) is 22.4 Å². The molecule has 0 radical (unpaired) electrons. The normalized spacial score (nSPS) is 11.6. The molecule has 0 aliphatic rings. The number of nitrogens with one attached hydrogen (secondary N) is 1. The number of sulfonamides is 1. The number of hydrogen-bond acceptors (Lipinski definition) is 3. The van der Waals surface area contributed by atoms with E-state index in [2.05, 4.69) is 5.32 Å². The minimum Gasteiger partial charge on any atom is -0.325 e. The van der Waals surface area contributed by atoms with Crippen molar-refractivity contribution in [3.8, 4) is 0 Å². The number of rotatable bonds is 5. The molecule has 3 N–H and O–H groups in total. The lowest BCUT2D eigenvalue weighted by Gasteiger charge is -2.15. The van der Waals surface area contributed by atoms with Crippen molar-refractivity contribution in [2.24, 2.45) is 11.1 Å². The number of primary sulfonamides is 1. The maximum absolute atomic E-state index is 12.0. The molecule has 1 aromatic carbocycles. The summed E-state index contributed by atoms with van der Waals surface area (Å²) in [6.07, 6.45) is 1.35. The zero-order valence-corrected chi connectivity index (χ0v) is 12.4. The molecule has 106 valence electrons. The van der Waals surface area contributed by atoms with E-state index in [0.29, 0.717) is 17.9 Å². The second kappa shape index (κ2) is 6.36. The summed E-state index contributed by atoms with van der Waals surface area (Å²) in [5.74, 6) is -0.413. The number of benzene rings is 1. The van der Waals surface area contributed by atoms with Crippen molar-refractivity contribution in [2.75, 3.05) is 5.32 Å². The fraction of sp³-hybridized carbons (Fsp3) is 0.417. The number of amides is 1. The molecule has 7 heteroatoms. The third-order valence-corrected chi connectivity index (χ3v) is 4.07. The van der Waals surface area contributed by atoms with Gasteiger partial charge in [0.2, 0.25) is 15.9 Å². The number of anilines is 1. The highest BCUT2D eigenvalue weighted by Crippen LogP contribution is 2.25. The summed E-state index contributed by atoms with van der Waals surface area (Å²) >= 11 is 5.81. The summed E-state index contributed by atoms with van der Waals surface area (Å²) in [5.41, 5.74) is 0.118. The van der Waals surface area contributed by atoms with Crippen LogP contribution in [0.4, 0.5) is 5.69 Å². The average molecular weight is 305 g/mol. The summed E-state index contributed by atoms with van der Waals surface area (Å²) < 4.78 is 22.9. The lowest BCUT2D eigenvalue weighted by Crippen LogP contribution is -2.24. The molecule has 1 amide bonds. The van der Waals surface area contributed by atoms with E-state index in [9.17, 15) is 13.2 Å². The Kier molecular flexibility index (Phi) is 5.34. The van der Waals surface area contributed by atoms with Crippen molar-refractivity contribution < 1.29 is 13.2 Å². The van der Waals surface area contributed by atoms with E-state index in [1.165, 1.54) is 18.2 Å². The molecule has 0 unspecified atom stereocenters. The van der Waals surface area contributed by atoms with Gasteiger partial charge in [0.25, 0.3) is 0 Å². The van der Waals surface area contributed by atoms with Crippen LogP contribution in [0.1, 0.15) is 26.7 Å². The van der Waals surface area contributed by atoms with Gasteiger partial charge in [0, 0.05) is 10.9 Å². The predicted molar refractivity (Wildman–Crippen MR) is 75.5 cm³/mol. The molecule has 0 fully saturated rings. The highest BCUT2D eigenvalue weighted by molar-refractivity contribution is 7.89. The first-order valence-electron chi connectivity index (χ1n) is 5.92. The molecule has 0 saturated carbocycles. The summed E-state index contributed by atoms with van der Waals surface area (Å²) in [6.45, 7) is 3.79. The number of nitrogens with two attached hydrogens (primary N) is 1. The Labute approximate surface area is 118 Å². The fourth-order valence-corrected chi connectivity index (χ4v) is 2.59. The van der Waals surface area contributed by atoms with Gasteiger partial charge in [-0.25, -0.2) is 13.6 Å². The van der Waals surface area contributed by atoms with Crippen LogP contribution >= 0.6 is 11.6 Å². The first kappa shape index (κ1) is 15.9. The fourth-order valence-electron chi connectivity index (χ4n) is 1.74. The lowest BCUT2D eigenvalue weighted by atomic mass is 10.0. The molecule has 0 aliphatic heterocycles. The van der Waals surface area contributed by atoms with Gasteiger partial charge in [-0.3, -0.25) is 4.79 Å². The Morgan fingerprint density at radius 2 is 1.95 bits per heavy atom. The van der Waals surface area contributed by atoms with Gasteiger partial charge in [0.05, 0.1) is 5.69 Å². The second-order valence-corrected chi connectivity index (χ2v) is 6.15. The van der Waals surface area contributed by atoms with Crippen LogP contribution < -0.4 is 10.5 Å². The summed E-state index contributed by atoms with van der Waals surface area (Å²) in [7, 11) is -3.91. The number of carbonyl (C=O) groups is 1. The van der Waals surface area contributed by atoms with Crippen LogP contribution in [0, 0.1) is 5.92 Å². The van der Waals surface area contributed by atoms with Crippen LogP contribution in [0.5, 0.6) is 0 Å². The molecule has 1 rings (SSSR count). The van der Waals surface area contributed by atoms with Crippen LogP contribution in [-0.2, 0) is 14.8 Å². The molecular weight excluding hydrogens is 288 g/mol. The first-order chi connectivity index (χ1) is 8.79. The van der Waals surface area contributed by atoms with Gasteiger partial charge >= 0.3 is 0 Å². The van der Waals surface area contributed by atoms with Gasteiger partial charge in [-0.05, 0) is 31.0 Å². The van der Waals surface area contributed by atoms with Crippen LogP contribution in [0.3, 0.4) is 0 Å². The smallest absolute Gasteiger partial charge is 0.240 e. The van der Waals surface area contributed by atoms with Gasteiger partial charge < -0.3 is 5.32 Å². The molecule has 0 bridgehead atoms. The topological polar surface area (TPSA) is 89.3 Å². The van der Waals surface area contributed by atoms with Gasteiger partial charge in [0.15, 0.2) is 0 Å².